The minimum atomic E-state index is -0.215. The Kier molecular flexibility index (Phi) is 4.44. The first-order chi connectivity index (χ1) is 8.54. The zero-order chi connectivity index (χ0) is 13.1. The molecule has 0 radical (unpaired) electrons. The van der Waals surface area contributed by atoms with Crippen LogP contribution in [0.25, 0.3) is 0 Å². The van der Waals surface area contributed by atoms with Crippen molar-refractivity contribution in [1.82, 2.24) is 0 Å². The number of allylic oxidation sites excluding steroid dienone is 2. The number of anilines is 1. The van der Waals surface area contributed by atoms with Gasteiger partial charge in [-0.05, 0) is 65.7 Å². The number of nitrogens with one attached hydrogen (secondary N) is 1. The highest BCUT2D eigenvalue weighted by Crippen LogP contribution is 2.28. The van der Waals surface area contributed by atoms with Crippen molar-refractivity contribution in [2.24, 2.45) is 11.8 Å². The molecule has 1 aliphatic carbocycles. The predicted octanol–water partition coefficient (Wildman–Crippen LogP) is 4.99. The van der Waals surface area contributed by atoms with E-state index in [1.54, 1.807) is 12.1 Å². The fourth-order valence-corrected chi connectivity index (χ4v) is 2.96. The summed E-state index contributed by atoms with van der Waals surface area (Å²) < 4.78 is 13.9. The summed E-state index contributed by atoms with van der Waals surface area (Å²) in [7, 11) is 0. The number of rotatable bonds is 3. The SMILES string of the molecule is CC1=CC(C)CC(CNc2ccc(Br)c(F)c2)C1. The van der Waals surface area contributed by atoms with E-state index in [1.807, 2.05) is 6.07 Å². The fourth-order valence-electron chi connectivity index (χ4n) is 2.71. The maximum atomic E-state index is 13.4. The summed E-state index contributed by atoms with van der Waals surface area (Å²) in [6.07, 6.45) is 4.72. The molecule has 0 heterocycles. The van der Waals surface area contributed by atoms with Gasteiger partial charge in [-0.2, -0.15) is 0 Å². The van der Waals surface area contributed by atoms with Gasteiger partial charge < -0.3 is 5.32 Å². The highest BCUT2D eigenvalue weighted by Gasteiger charge is 2.17. The summed E-state index contributed by atoms with van der Waals surface area (Å²) in [6, 6.07) is 5.19. The van der Waals surface area contributed by atoms with Crippen LogP contribution in [0.4, 0.5) is 10.1 Å². The van der Waals surface area contributed by atoms with Gasteiger partial charge in [-0.1, -0.05) is 18.6 Å². The third-order valence-corrected chi connectivity index (χ3v) is 4.04. The van der Waals surface area contributed by atoms with Gasteiger partial charge in [-0.25, -0.2) is 4.39 Å². The van der Waals surface area contributed by atoms with Crippen LogP contribution in [0.5, 0.6) is 0 Å². The molecule has 3 heteroatoms. The van der Waals surface area contributed by atoms with Crippen molar-refractivity contribution < 1.29 is 4.39 Å². The Hall–Kier alpha value is -0.830. The quantitative estimate of drug-likeness (QED) is 0.775. The van der Waals surface area contributed by atoms with E-state index in [-0.39, 0.29) is 5.82 Å². The van der Waals surface area contributed by atoms with E-state index in [0.29, 0.717) is 16.3 Å². The Morgan fingerprint density at radius 2 is 2.22 bits per heavy atom. The highest BCUT2D eigenvalue weighted by atomic mass is 79.9. The number of benzene rings is 1. The Bertz CT molecular complexity index is 456. The number of hydrogen-bond donors (Lipinski definition) is 1. The second kappa shape index (κ2) is 5.87. The zero-order valence-electron chi connectivity index (χ0n) is 10.8. The van der Waals surface area contributed by atoms with E-state index in [2.05, 4.69) is 41.2 Å². The summed E-state index contributed by atoms with van der Waals surface area (Å²) in [5.74, 6) is 1.09. The van der Waals surface area contributed by atoms with Crippen LogP contribution in [0.15, 0.2) is 34.3 Å². The van der Waals surface area contributed by atoms with E-state index in [0.717, 1.165) is 18.7 Å². The Morgan fingerprint density at radius 1 is 1.44 bits per heavy atom. The molecule has 1 N–H and O–H groups in total. The summed E-state index contributed by atoms with van der Waals surface area (Å²) in [6.45, 7) is 5.37. The molecule has 0 aromatic heterocycles. The zero-order valence-corrected chi connectivity index (χ0v) is 12.4. The van der Waals surface area contributed by atoms with Crippen molar-refractivity contribution in [3.63, 3.8) is 0 Å². The average molecular weight is 312 g/mol. The molecule has 2 atom stereocenters. The summed E-state index contributed by atoms with van der Waals surface area (Å²) in [5.41, 5.74) is 2.33. The average Bonchev–Trinajstić information content (AvgIpc) is 2.29. The van der Waals surface area contributed by atoms with Crippen LogP contribution in [0.3, 0.4) is 0 Å². The number of hydrogen-bond acceptors (Lipinski definition) is 1. The maximum absolute atomic E-state index is 13.4. The molecule has 0 fully saturated rings. The molecule has 1 aliphatic rings. The highest BCUT2D eigenvalue weighted by molar-refractivity contribution is 9.10. The first-order valence-corrected chi connectivity index (χ1v) is 7.20. The molecule has 2 unspecified atom stereocenters. The van der Waals surface area contributed by atoms with Gasteiger partial charge in [0.2, 0.25) is 0 Å². The van der Waals surface area contributed by atoms with E-state index in [1.165, 1.54) is 12.0 Å². The number of halogens is 2. The molecule has 18 heavy (non-hydrogen) atoms. The van der Waals surface area contributed by atoms with Crippen LogP contribution < -0.4 is 5.32 Å². The Labute approximate surface area is 117 Å². The lowest BCUT2D eigenvalue weighted by Gasteiger charge is -2.26. The molecule has 98 valence electrons. The second-order valence-corrected chi connectivity index (χ2v) is 6.16. The van der Waals surface area contributed by atoms with Crippen LogP contribution in [0.2, 0.25) is 0 Å². The molecule has 0 aliphatic heterocycles. The smallest absolute Gasteiger partial charge is 0.139 e. The molecule has 1 aromatic carbocycles. The van der Waals surface area contributed by atoms with Gasteiger partial charge in [-0.3, -0.25) is 0 Å². The minimum absolute atomic E-state index is 0.215. The van der Waals surface area contributed by atoms with Crippen molar-refractivity contribution in [1.29, 1.82) is 0 Å². The Balaban J connectivity index is 1.92. The molecule has 0 spiro atoms. The van der Waals surface area contributed by atoms with Gasteiger partial charge >= 0.3 is 0 Å². The lowest BCUT2D eigenvalue weighted by Crippen LogP contribution is -2.20. The molecule has 0 saturated heterocycles. The van der Waals surface area contributed by atoms with Crippen molar-refractivity contribution in [2.75, 3.05) is 11.9 Å². The first-order valence-electron chi connectivity index (χ1n) is 6.41. The molecular formula is C15H19BrFN. The van der Waals surface area contributed by atoms with Crippen molar-refractivity contribution in [3.8, 4) is 0 Å². The van der Waals surface area contributed by atoms with Crippen LogP contribution in [-0.4, -0.2) is 6.54 Å². The first kappa shape index (κ1) is 13.6. The molecule has 0 amide bonds. The van der Waals surface area contributed by atoms with Crippen LogP contribution >= 0.6 is 15.9 Å². The summed E-state index contributed by atoms with van der Waals surface area (Å²) in [5, 5.41) is 3.34. The third-order valence-electron chi connectivity index (χ3n) is 3.40. The third kappa shape index (κ3) is 3.58. The van der Waals surface area contributed by atoms with E-state index < -0.39 is 0 Å². The molecule has 0 bridgehead atoms. The van der Waals surface area contributed by atoms with E-state index in [4.69, 9.17) is 0 Å². The lowest BCUT2D eigenvalue weighted by molar-refractivity contribution is 0.421. The van der Waals surface area contributed by atoms with Gasteiger partial charge in [0.15, 0.2) is 0 Å². The van der Waals surface area contributed by atoms with Gasteiger partial charge in [-0.15, -0.1) is 0 Å². The van der Waals surface area contributed by atoms with Crippen molar-refractivity contribution in [2.45, 2.75) is 26.7 Å². The monoisotopic (exact) mass is 311 g/mol. The van der Waals surface area contributed by atoms with Crippen LogP contribution in [0.1, 0.15) is 26.7 Å². The lowest BCUT2D eigenvalue weighted by atomic mass is 9.84. The molecule has 0 saturated carbocycles. The molecular weight excluding hydrogens is 293 g/mol. The Morgan fingerprint density at radius 3 is 2.89 bits per heavy atom. The predicted molar refractivity (Wildman–Crippen MR) is 78.2 cm³/mol. The fraction of sp³-hybridized carbons (Fsp3) is 0.467. The second-order valence-electron chi connectivity index (χ2n) is 5.31. The molecule has 1 aromatic rings. The topological polar surface area (TPSA) is 12.0 Å². The molecule has 2 rings (SSSR count). The van der Waals surface area contributed by atoms with Crippen molar-refractivity contribution in [3.05, 3.63) is 40.1 Å². The largest absolute Gasteiger partial charge is 0.385 e. The van der Waals surface area contributed by atoms with Gasteiger partial charge in [0, 0.05) is 12.2 Å². The van der Waals surface area contributed by atoms with Crippen molar-refractivity contribution >= 4 is 21.6 Å². The summed E-state index contributed by atoms with van der Waals surface area (Å²) >= 11 is 3.16. The van der Waals surface area contributed by atoms with Crippen LogP contribution in [-0.2, 0) is 0 Å². The maximum Gasteiger partial charge on any atom is 0.139 e. The van der Waals surface area contributed by atoms with E-state index in [9.17, 15) is 4.39 Å². The van der Waals surface area contributed by atoms with Gasteiger partial charge in [0.1, 0.15) is 5.82 Å². The standard InChI is InChI=1S/C15H19BrFN/c1-10-5-11(2)7-12(6-10)9-18-13-3-4-14(16)15(17)8-13/h3-5,8,10,12,18H,6-7,9H2,1-2H3. The normalized spacial score (nSPS) is 23.7. The van der Waals surface area contributed by atoms with Gasteiger partial charge in [0.05, 0.1) is 4.47 Å². The minimum Gasteiger partial charge on any atom is -0.385 e. The molecule has 1 nitrogen and oxygen atoms in total. The summed E-state index contributed by atoms with van der Waals surface area (Å²) in [4.78, 5) is 0. The van der Waals surface area contributed by atoms with Crippen LogP contribution in [0, 0.1) is 17.7 Å². The van der Waals surface area contributed by atoms with E-state index >= 15 is 0 Å². The van der Waals surface area contributed by atoms with Gasteiger partial charge in [0.25, 0.3) is 0 Å².